The van der Waals surface area contributed by atoms with Gasteiger partial charge in [-0.15, -0.1) is 0 Å². The summed E-state index contributed by atoms with van der Waals surface area (Å²) in [4.78, 5) is 0. The van der Waals surface area contributed by atoms with Gasteiger partial charge in [-0.1, -0.05) is 56.4 Å². The fraction of sp³-hybridized carbons (Fsp3) is 0.467. The number of allylic oxidation sites excluding steroid dienone is 8. The molecule has 84 valence electrons. The lowest BCUT2D eigenvalue weighted by Gasteiger charge is -2.07. The van der Waals surface area contributed by atoms with Crippen LogP contribution in [0.4, 0.5) is 0 Å². The summed E-state index contributed by atoms with van der Waals surface area (Å²) in [6.07, 6.45) is 17.8. The van der Waals surface area contributed by atoms with Crippen LogP contribution >= 0.6 is 0 Å². The van der Waals surface area contributed by atoms with Crippen molar-refractivity contribution in [3.8, 4) is 0 Å². The van der Waals surface area contributed by atoms with Gasteiger partial charge in [0.15, 0.2) is 0 Å². The topological polar surface area (TPSA) is 0 Å². The Balaban J connectivity index is 0.000000921. The number of hydrogen-bond donors (Lipinski definition) is 0. The molecule has 0 aromatic rings. The van der Waals surface area contributed by atoms with Crippen LogP contribution in [0.1, 0.15) is 40.5 Å². The second-order valence-electron chi connectivity index (χ2n) is 3.30. The van der Waals surface area contributed by atoms with Gasteiger partial charge >= 0.3 is 0 Å². The molecule has 0 N–H and O–H groups in total. The molecule has 0 radical (unpaired) electrons. The lowest BCUT2D eigenvalue weighted by atomic mass is 9.97. The molecule has 1 unspecified atom stereocenters. The first kappa shape index (κ1) is 14.0. The van der Waals surface area contributed by atoms with E-state index in [1.807, 2.05) is 20.8 Å². The van der Waals surface area contributed by atoms with E-state index in [0.29, 0.717) is 5.92 Å². The monoisotopic (exact) mass is 204 g/mol. The minimum atomic E-state index is 0.646. The Hall–Kier alpha value is -1.04. The second-order valence-corrected chi connectivity index (χ2v) is 3.30. The molecule has 15 heavy (non-hydrogen) atoms. The maximum atomic E-state index is 2.31. The lowest BCUT2D eigenvalue weighted by Crippen LogP contribution is -1.93. The molecule has 0 saturated heterocycles. The van der Waals surface area contributed by atoms with Gasteiger partial charge in [0.1, 0.15) is 0 Å². The molecular formula is C15H24. The summed E-state index contributed by atoms with van der Waals surface area (Å²) >= 11 is 0. The van der Waals surface area contributed by atoms with Crippen molar-refractivity contribution in [1.29, 1.82) is 0 Å². The number of rotatable bonds is 3. The summed E-state index contributed by atoms with van der Waals surface area (Å²) in [5.41, 5.74) is 1.43. The molecule has 0 bridgehead atoms. The van der Waals surface area contributed by atoms with Crippen molar-refractivity contribution in [2.45, 2.75) is 40.5 Å². The highest BCUT2D eigenvalue weighted by molar-refractivity contribution is 5.30. The van der Waals surface area contributed by atoms with E-state index in [4.69, 9.17) is 0 Å². The zero-order chi connectivity index (χ0) is 11.5. The summed E-state index contributed by atoms with van der Waals surface area (Å²) in [5.74, 6) is 0.646. The average Bonchev–Trinajstić information content (AvgIpc) is 2.80. The van der Waals surface area contributed by atoms with Gasteiger partial charge in [-0.3, -0.25) is 0 Å². The summed E-state index contributed by atoms with van der Waals surface area (Å²) in [5, 5.41) is 0. The van der Waals surface area contributed by atoms with Crippen LogP contribution in [0, 0.1) is 5.92 Å². The summed E-state index contributed by atoms with van der Waals surface area (Å²) in [7, 11) is 0. The normalized spacial score (nSPS) is 21.1. The Morgan fingerprint density at radius 2 is 1.93 bits per heavy atom. The molecule has 0 aliphatic heterocycles. The highest BCUT2D eigenvalue weighted by Crippen LogP contribution is 2.25. The molecule has 0 fully saturated rings. The highest BCUT2D eigenvalue weighted by atomic mass is 14.2. The molecule has 0 aromatic carbocycles. The van der Waals surface area contributed by atoms with Crippen molar-refractivity contribution in [1.82, 2.24) is 0 Å². The second kappa shape index (κ2) is 9.51. The van der Waals surface area contributed by atoms with Gasteiger partial charge in [-0.05, 0) is 32.3 Å². The van der Waals surface area contributed by atoms with E-state index in [1.165, 1.54) is 18.4 Å². The fourth-order valence-corrected chi connectivity index (χ4v) is 1.61. The van der Waals surface area contributed by atoms with Crippen molar-refractivity contribution in [3.05, 3.63) is 48.1 Å². The summed E-state index contributed by atoms with van der Waals surface area (Å²) in [6.45, 7) is 8.12. The van der Waals surface area contributed by atoms with Crippen LogP contribution in [0.25, 0.3) is 0 Å². The van der Waals surface area contributed by atoms with Crippen LogP contribution in [0.2, 0.25) is 0 Å². The molecule has 1 atom stereocenters. The molecule has 0 aromatic heterocycles. The van der Waals surface area contributed by atoms with Gasteiger partial charge in [0.05, 0.1) is 0 Å². The van der Waals surface area contributed by atoms with Crippen molar-refractivity contribution in [2.75, 3.05) is 0 Å². The first-order chi connectivity index (χ1) is 7.38. The zero-order valence-electron chi connectivity index (χ0n) is 10.5. The minimum Gasteiger partial charge on any atom is -0.0879 e. The molecule has 1 aliphatic rings. The van der Waals surface area contributed by atoms with Crippen LogP contribution in [-0.2, 0) is 0 Å². The predicted octanol–water partition coefficient (Wildman–Crippen LogP) is 5.06. The van der Waals surface area contributed by atoms with Crippen LogP contribution in [0.5, 0.6) is 0 Å². The van der Waals surface area contributed by atoms with E-state index in [2.05, 4.69) is 49.5 Å². The molecule has 0 saturated carbocycles. The maximum Gasteiger partial charge on any atom is 0.00207 e. The largest absolute Gasteiger partial charge is 0.0879 e. The van der Waals surface area contributed by atoms with E-state index >= 15 is 0 Å². The Bertz CT molecular complexity index is 251. The Labute approximate surface area is 95.1 Å². The van der Waals surface area contributed by atoms with E-state index < -0.39 is 0 Å². The maximum absolute atomic E-state index is 2.31. The SMILES string of the molecule is CC.C\C=C/C=C(\C=C/C)C1C=CCC1. The van der Waals surface area contributed by atoms with E-state index in [-0.39, 0.29) is 0 Å². The van der Waals surface area contributed by atoms with Crippen molar-refractivity contribution < 1.29 is 0 Å². The molecule has 0 heterocycles. The van der Waals surface area contributed by atoms with E-state index in [0.717, 1.165) is 0 Å². The average molecular weight is 204 g/mol. The molecule has 0 amide bonds. The van der Waals surface area contributed by atoms with Gasteiger partial charge < -0.3 is 0 Å². The van der Waals surface area contributed by atoms with Gasteiger partial charge in [-0.2, -0.15) is 0 Å². The smallest absolute Gasteiger partial charge is 0.00207 e. The molecule has 1 rings (SSSR count). The first-order valence-electron chi connectivity index (χ1n) is 6.00. The number of hydrogen-bond acceptors (Lipinski definition) is 0. The zero-order valence-corrected chi connectivity index (χ0v) is 10.5. The third-order valence-corrected chi connectivity index (χ3v) is 2.28. The Morgan fingerprint density at radius 1 is 1.20 bits per heavy atom. The molecule has 0 heteroatoms. The van der Waals surface area contributed by atoms with Gasteiger partial charge in [-0.25, -0.2) is 0 Å². The third kappa shape index (κ3) is 5.41. The predicted molar refractivity (Wildman–Crippen MR) is 70.9 cm³/mol. The van der Waals surface area contributed by atoms with Gasteiger partial charge in [0, 0.05) is 5.92 Å². The Morgan fingerprint density at radius 3 is 2.40 bits per heavy atom. The summed E-state index contributed by atoms with van der Waals surface area (Å²) in [6, 6.07) is 0. The van der Waals surface area contributed by atoms with Crippen LogP contribution < -0.4 is 0 Å². The standard InChI is InChI=1S/C13H18.C2H6/c1-3-5-9-12(8-4-2)13-10-6-7-11-13;1-2/h3-6,8-10,13H,7,11H2,1-2H3;1-2H3/b5-3-,8-4-,12-9+;. The highest BCUT2D eigenvalue weighted by Gasteiger charge is 2.10. The minimum absolute atomic E-state index is 0.646. The van der Waals surface area contributed by atoms with Gasteiger partial charge in [0.2, 0.25) is 0 Å². The molecule has 0 spiro atoms. The lowest BCUT2D eigenvalue weighted by molar-refractivity contribution is 0.744. The van der Waals surface area contributed by atoms with Gasteiger partial charge in [0.25, 0.3) is 0 Å². The Kier molecular flexibility index (Phi) is 8.85. The molecule has 1 aliphatic carbocycles. The molecular weight excluding hydrogens is 180 g/mol. The molecule has 0 nitrogen and oxygen atoms in total. The first-order valence-corrected chi connectivity index (χ1v) is 6.00. The van der Waals surface area contributed by atoms with E-state index in [9.17, 15) is 0 Å². The van der Waals surface area contributed by atoms with Crippen LogP contribution in [0.15, 0.2) is 48.1 Å². The van der Waals surface area contributed by atoms with Crippen molar-refractivity contribution in [3.63, 3.8) is 0 Å². The van der Waals surface area contributed by atoms with Crippen LogP contribution in [-0.4, -0.2) is 0 Å². The quantitative estimate of drug-likeness (QED) is 0.445. The van der Waals surface area contributed by atoms with Crippen LogP contribution in [0.3, 0.4) is 0 Å². The summed E-state index contributed by atoms with van der Waals surface area (Å²) < 4.78 is 0. The third-order valence-electron chi connectivity index (χ3n) is 2.28. The fourth-order valence-electron chi connectivity index (χ4n) is 1.61. The van der Waals surface area contributed by atoms with Crippen molar-refractivity contribution >= 4 is 0 Å². The van der Waals surface area contributed by atoms with Crippen molar-refractivity contribution in [2.24, 2.45) is 5.92 Å². The van der Waals surface area contributed by atoms with E-state index in [1.54, 1.807) is 0 Å².